The van der Waals surface area contributed by atoms with Crippen LogP contribution in [0.25, 0.3) is 39.0 Å². The van der Waals surface area contributed by atoms with Gasteiger partial charge in [-0.1, -0.05) is 146 Å². The van der Waals surface area contributed by atoms with Crippen molar-refractivity contribution in [3.63, 3.8) is 0 Å². The smallest absolute Gasteiger partial charge is 0.268 e. The third-order valence-electron chi connectivity index (χ3n) is 12.0. The summed E-state index contributed by atoms with van der Waals surface area (Å²) in [5, 5.41) is 2.41. The van der Waals surface area contributed by atoms with Crippen molar-refractivity contribution in [1.29, 1.82) is 0 Å². The monoisotopic (exact) mass is 770 g/mol. The van der Waals surface area contributed by atoms with E-state index in [0.717, 1.165) is 39.7 Å². The molecule has 0 aliphatic rings. The van der Waals surface area contributed by atoms with Crippen LogP contribution in [0.15, 0.2) is 176 Å². The van der Waals surface area contributed by atoms with Crippen molar-refractivity contribution in [2.75, 3.05) is 0 Å². The summed E-state index contributed by atoms with van der Waals surface area (Å²) in [5.41, 5.74) is 9.86. The first-order chi connectivity index (χ1) is 28.4. The summed E-state index contributed by atoms with van der Waals surface area (Å²) in [6, 6.07) is 55.7. The summed E-state index contributed by atoms with van der Waals surface area (Å²) in [6.45, 7) is 15.9. The van der Waals surface area contributed by atoms with Crippen LogP contribution in [0.5, 0.6) is 11.5 Å². The minimum atomic E-state index is -0.215. The maximum Gasteiger partial charge on any atom is 0.268 e. The Kier molecular flexibility index (Phi) is 9.35. The van der Waals surface area contributed by atoms with Crippen LogP contribution in [-0.2, 0) is 16.2 Å². The molecule has 9 aromatic rings. The van der Waals surface area contributed by atoms with Crippen molar-refractivity contribution in [3.05, 3.63) is 210 Å². The molecule has 0 saturated carbocycles. The Morgan fingerprint density at radius 1 is 0.559 bits per heavy atom. The molecular formula is C54H50N4O. The molecule has 3 aromatic heterocycles. The van der Waals surface area contributed by atoms with E-state index in [9.17, 15) is 0 Å². The molecule has 0 unspecified atom stereocenters. The van der Waals surface area contributed by atoms with E-state index in [-0.39, 0.29) is 16.2 Å². The van der Waals surface area contributed by atoms with E-state index in [2.05, 4.69) is 211 Å². The maximum absolute atomic E-state index is 6.83. The second kappa shape index (κ2) is 14.6. The summed E-state index contributed by atoms with van der Waals surface area (Å²) in [4.78, 5) is 5.01. The van der Waals surface area contributed by atoms with Gasteiger partial charge in [0.25, 0.3) is 6.33 Å². The fourth-order valence-electron chi connectivity index (χ4n) is 8.42. The van der Waals surface area contributed by atoms with E-state index in [0.29, 0.717) is 0 Å². The number of fused-ring (bicyclic) bond motifs is 3. The fourth-order valence-corrected chi connectivity index (χ4v) is 8.42. The van der Waals surface area contributed by atoms with Gasteiger partial charge in [-0.3, -0.25) is 13.7 Å². The van der Waals surface area contributed by atoms with E-state index in [1.807, 2.05) is 33.7 Å². The van der Waals surface area contributed by atoms with Gasteiger partial charge in [0.2, 0.25) is 0 Å². The van der Waals surface area contributed by atoms with Crippen LogP contribution in [0.2, 0.25) is 0 Å². The summed E-state index contributed by atoms with van der Waals surface area (Å²) < 4.78 is 13.2. The van der Waals surface area contributed by atoms with E-state index in [1.54, 1.807) is 0 Å². The van der Waals surface area contributed by atoms with E-state index < -0.39 is 0 Å². The number of pyridine rings is 1. The van der Waals surface area contributed by atoms with Crippen molar-refractivity contribution < 1.29 is 9.30 Å². The van der Waals surface area contributed by atoms with Gasteiger partial charge in [0, 0.05) is 46.3 Å². The molecule has 5 heteroatoms. The van der Waals surface area contributed by atoms with Crippen LogP contribution in [-0.4, -0.2) is 14.1 Å². The van der Waals surface area contributed by atoms with E-state index >= 15 is 0 Å². The normalized spacial score (nSPS) is 12.3. The topological polar surface area (TPSA) is 35.9 Å². The molecule has 292 valence electrons. The molecule has 0 aliphatic heterocycles. The number of imidazole rings is 1. The van der Waals surface area contributed by atoms with Crippen LogP contribution in [0.1, 0.15) is 76.3 Å². The standard InChI is InChI=1S/C54H50N4O/c1-52(2,3)47-35-45(36-49-51(47)46-26-14-15-27-48(46)58(49)50-33-41(28-29-55-50)54(6,7)39-20-12-9-13-21-39)59-44-25-17-24-43(34-44)57-31-30-56(37-57)42-23-16-22-40(32-42)53(4,5)38-18-10-8-11-19-38/h8-36H,1-7H3. The fraction of sp³-hybridized carbons (Fsp3) is 0.185. The van der Waals surface area contributed by atoms with Gasteiger partial charge < -0.3 is 4.74 Å². The van der Waals surface area contributed by atoms with Crippen LogP contribution in [0.4, 0.5) is 0 Å². The first-order valence-corrected chi connectivity index (χ1v) is 20.5. The Labute approximate surface area is 347 Å². The van der Waals surface area contributed by atoms with Crippen LogP contribution in [0.3, 0.4) is 0 Å². The zero-order valence-corrected chi connectivity index (χ0v) is 34.9. The lowest BCUT2D eigenvalue weighted by molar-refractivity contribution is -0.599. The largest absolute Gasteiger partial charge is 0.458 e. The van der Waals surface area contributed by atoms with Crippen LogP contribution in [0, 0.1) is 6.33 Å². The van der Waals surface area contributed by atoms with Gasteiger partial charge in [0.1, 0.15) is 17.3 Å². The SMILES string of the molecule is CC(C)(C)c1cc(Oc2cccc(-n3[c-][n+](-c4cccc(C(C)(C)c5ccccc5)c4)cc3)c2)cc2c1c1ccccc1n2-c1cc(C(C)(C)c2ccccc2)ccn1. The Balaban J connectivity index is 1.09. The van der Waals surface area contributed by atoms with E-state index in [4.69, 9.17) is 9.72 Å². The van der Waals surface area contributed by atoms with Crippen molar-refractivity contribution in [2.24, 2.45) is 0 Å². The molecular weight excluding hydrogens is 721 g/mol. The number of para-hydroxylation sites is 1. The second-order valence-electron chi connectivity index (χ2n) is 17.6. The van der Waals surface area contributed by atoms with Gasteiger partial charge in [-0.15, -0.1) is 0 Å². The Morgan fingerprint density at radius 3 is 1.92 bits per heavy atom. The molecule has 0 amide bonds. The Morgan fingerprint density at radius 2 is 1.20 bits per heavy atom. The molecule has 9 rings (SSSR count). The number of nitrogens with zero attached hydrogens (tertiary/aromatic N) is 4. The first kappa shape index (κ1) is 37.8. The van der Waals surface area contributed by atoms with Crippen molar-refractivity contribution >= 4 is 21.8 Å². The minimum Gasteiger partial charge on any atom is -0.458 e. The molecule has 6 aromatic carbocycles. The highest BCUT2D eigenvalue weighted by Gasteiger charge is 2.27. The average Bonchev–Trinajstić information content (AvgIpc) is 3.88. The number of benzene rings is 6. The number of aromatic nitrogens is 4. The molecule has 0 N–H and O–H groups in total. The van der Waals surface area contributed by atoms with Crippen LogP contribution >= 0.6 is 0 Å². The van der Waals surface area contributed by atoms with Gasteiger partial charge in [-0.2, -0.15) is 0 Å². The Bertz CT molecular complexity index is 2950. The average molecular weight is 771 g/mol. The highest BCUT2D eigenvalue weighted by Crippen LogP contribution is 2.43. The van der Waals surface area contributed by atoms with Crippen LogP contribution < -0.4 is 9.30 Å². The quantitative estimate of drug-likeness (QED) is 0.108. The zero-order valence-electron chi connectivity index (χ0n) is 34.9. The molecule has 0 atom stereocenters. The third-order valence-corrected chi connectivity index (χ3v) is 12.0. The lowest BCUT2D eigenvalue weighted by Gasteiger charge is -2.26. The minimum absolute atomic E-state index is 0.143. The molecule has 3 heterocycles. The van der Waals surface area contributed by atoms with Gasteiger partial charge in [0.15, 0.2) is 0 Å². The molecule has 0 fully saturated rings. The Hall–Kier alpha value is -6.72. The lowest BCUT2D eigenvalue weighted by Crippen LogP contribution is -2.29. The lowest BCUT2D eigenvalue weighted by atomic mass is 9.78. The predicted octanol–water partition coefficient (Wildman–Crippen LogP) is 12.8. The van der Waals surface area contributed by atoms with E-state index in [1.165, 1.54) is 38.6 Å². The molecule has 0 radical (unpaired) electrons. The highest BCUT2D eigenvalue weighted by atomic mass is 16.5. The molecule has 0 bridgehead atoms. The highest BCUT2D eigenvalue weighted by molar-refractivity contribution is 6.11. The van der Waals surface area contributed by atoms with Gasteiger partial charge in [0.05, 0.1) is 22.4 Å². The molecule has 0 spiro atoms. The van der Waals surface area contributed by atoms with Gasteiger partial charge in [-0.05, 0) is 87.8 Å². The van der Waals surface area contributed by atoms with Gasteiger partial charge >= 0.3 is 0 Å². The number of hydrogen-bond donors (Lipinski definition) is 0. The maximum atomic E-state index is 6.83. The van der Waals surface area contributed by atoms with Crippen molar-refractivity contribution in [2.45, 2.75) is 64.7 Å². The first-order valence-electron chi connectivity index (χ1n) is 20.5. The molecule has 59 heavy (non-hydrogen) atoms. The molecule has 0 aliphatic carbocycles. The summed E-state index contributed by atoms with van der Waals surface area (Å²) in [5.74, 6) is 2.39. The summed E-state index contributed by atoms with van der Waals surface area (Å²) in [7, 11) is 0. The van der Waals surface area contributed by atoms with Gasteiger partial charge in [-0.25, -0.2) is 4.98 Å². The summed E-state index contributed by atoms with van der Waals surface area (Å²) in [6.07, 6.45) is 9.57. The number of ether oxygens (including phenoxy) is 1. The van der Waals surface area contributed by atoms with Crippen molar-refractivity contribution in [1.82, 2.24) is 14.1 Å². The molecule has 0 saturated heterocycles. The number of hydrogen-bond acceptors (Lipinski definition) is 2. The number of rotatable bonds is 9. The van der Waals surface area contributed by atoms with Crippen molar-refractivity contribution in [3.8, 4) is 28.7 Å². The summed E-state index contributed by atoms with van der Waals surface area (Å²) >= 11 is 0. The second-order valence-corrected chi connectivity index (χ2v) is 17.6. The predicted molar refractivity (Wildman–Crippen MR) is 241 cm³/mol. The third kappa shape index (κ3) is 7.01. The zero-order chi connectivity index (χ0) is 40.9. The molecule has 5 nitrogen and oxygen atoms in total.